The van der Waals surface area contributed by atoms with Crippen LogP contribution < -0.4 is 16.4 Å². The Labute approximate surface area is 138 Å². The Morgan fingerprint density at radius 1 is 1.29 bits per heavy atom. The van der Waals surface area contributed by atoms with Crippen molar-refractivity contribution in [3.8, 4) is 0 Å². The summed E-state index contributed by atoms with van der Waals surface area (Å²) < 4.78 is 13.8. The zero-order valence-corrected chi connectivity index (χ0v) is 13.3. The molecule has 1 aliphatic heterocycles. The topological polar surface area (TPSA) is 123 Å². The Bertz CT molecular complexity index is 755. The van der Waals surface area contributed by atoms with E-state index >= 15 is 0 Å². The first-order valence-corrected chi connectivity index (χ1v) is 7.78. The number of rotatable bonds is 2. The van der Waals surface area contributed by atoms with Crippen LogP contribution in [0.5, 0.6) is 0 Å². The first-order chi connectivity index (χ1) is 11.3. The van der Waals surface area contributed by atoms with Gasteiger partial charge in [0.2, 0.25) is 11.9 Å². The highest BCUT2D eigenvalue weighted by atomic mass is 19.1. The number of hydrogen-bond acceptors (Lipinski definition) is 7. The lowest BCUT2D eigenvalue weighted by atomic mass is 9.87. The van der Waals surface area contributed by atoms with Crippen LogP contribution in [0.15, 0.2) is 22.1 Å². The van der Waals surface area contributed by atoms with Gasteiger partial charge in [0, 0.05) is 0 Å². The normalized spacial score (nSPS) is 19.8. The number of nitrogens with two attached hydrogens (primary N) is 2. The fourth-order valence-corrected chi connectivity index (χ4v) is 3.45. The van der Waals surface area contributed by atoms with E-state index in [9.17, 15) is 14.5 Å². The van der Waals surface area contributed by atoms with Gasteiger partial charge in [-0.25, -0.2) is 9.38 Å². The van der Waals surface area contributed by atoms with E-state index in [2.05, 4.69) is 9.98 Å². The van der Waals surface area contributed by atoms with Crippen LogP contribution >= 0.6 is 0 Å². The third-order valence-corrected chi connectivity index (χ3v) is 4.54. The van der Waals surface area contributed by atoms with Gasteiger partial charge < -0.3 is 11.5 Å². The van der Waals surface area contributed by atoms with Gasteiger partial charge in [0.05, 0.1) is 11.0 Å². The van der Waals surface area contributed by atoms with Crippen LogP contribution in [0.25, 0.3) is 0 Å². The lowest BCUT2D eigenvalue weighted by Gasteiger charge is -2.45. The summed E-state index contributed by atoms with van der Waals surface area (Å²) in [5, 5.41) is 11.4. The molecule has 9 heteroatoms. The average Bonchev–Trinajstić information content (AvgIpc) is 2.50. The molecule has 0 amide bonds. The van der Waals surface area contributed by atoms with Gasteiger partial charge in [-0.3, -0.25) is 15.0 Å². The summed E-state index contributed by atoms with van der Waals surface area (Å²) in [6.07, 6.45) is 4.14. The van der Waals surface area contributed by atoms with Crippen molar-refractivity contribution < 1.29 is 9.31 Å². The fourth-order valence-electron chi connectivity index (χ4n) is 3.45. The van der Waals surface area contributed by atoms with Gasteiger partial charge >= 0.3 is 0 Å². The molecule has 0 saturated heterocycles. The molecule has 24 heavy (non-hydrogen) atoms. The van der Waals surface area contributed by atoms with Gasteiger partial charge in [-0.15, -0.1) is 0 Å². The quantitative estimate of drug-likeness (QED) is 0.633. The van der Waals surface area contributed by atoms with Crippen molar-refractivity contribution in [2.75, 3.05) is 4.90 Å². The Morgan fingerprint density at radius 2 is 1.96 bits per heavy atom. The van der Waals surface area contributed by atoms with Crippen molar-refractivity contribution in [3.05, 3.63) is 33.6 Å². The molecular formula is C15H19FN6O2. The lowest BCUT2D eigenvalue weighted by molar-refractivity contribution is -0.384. The third kappa shape index (κ3) is 2.55. The number of nitrogens with zero attached hydrogens (tertiary/aromatic N) is 4. The molecule has 0 unspecified atom stereocenters. The molecule has 1 aliphatic carbocycles. The van der Waals surface area contributed by atoms with Crippen molar-refractivity contribution in [2.45, 2.75) is 44.7 Å². The number of guanidine groups is 2. The molecule has 1 saturated carbocycles. The Hall–Kier alpha value is -2.71. The molecule has 1 aromatic carbocycles. The van der Waals surface area contributed by atoms with Crippen molar-refractivity contribution in [1.29, 1.82) is 0 Å². The van der Waals surface area contributed by atoms with Gasteiger partial charge in [-0.2, -0.15) is 4.99 Å². The summed E-state index contributed by atoms with van der Waals surface area (Å²) in [5.74, 6) is -0.538. The molecule has 2 aliphatic rings. The Morgan fingerprint density at radius 3 is 2.58 bits per heavy atom. The number of anilines is 1. The highest BCUT2D eigenvalue weighted by Gasteiger charge is 2.44. The maximum absolute atomic E-state index is 13.8. The van der Waals surface area contributed by atoms with Gasteiger partial charge in [0.1, 0.15) is 17.2 Å². The Balaban J connectivity index is 2.21. The molecule has 1 heterocycles. The van der Waals surface area contributed by atoms with Crippen molar-refractivity contribution in [1.82, 2.24) is 0 Å². The van der Waals surface area contributed by atoms with E-state index in [-0.39, 0.29) is 28.9 Å². The van der Waals surface area contributed by atoms with Crippen molar-refractivity contribution in [3.63, 3.8) is 0 Å². The highest BCUT2D eigenvalue weighted by molar-refractivity contribution is 6.06. The predicted octanol–water partition coefficient (Wildman–Crippen LogP) is 2.15. The van der Waals surface area contributed by atoms with Crippen molar-refractivity contribution in [2.24, 2.45) is 21.5 Å². The molecular weight excluding hydrogens is 315 g/mol. The smallest absolute Gasteiger partial charge is 0.295 e. The second-order valence-corrected chi connectivity index (χ2v) is 6.17. The molecule has 4 N–H and O–H groups in total. The molecule has 1 fully saturated rings. The number of aliphatic imine (C=N–C) groups is 2. The van der Waals surface area contributed by atoms with E-state index in [0.717, 1.165) is 25.3 Å². The molecule has 8 nitrogen and oxygen atoms in total. The number of aryl methyl sites for hydroxylation is 1. The molecule has 1 aromatic rings. The second kappa shape index (κ2) is 5.73. The summed E-state index contributed by atoms with van der Waals surface area (Å²) in [5.41, 5.74) is 11.2. The molecule has 0 radical (unpaired) electrons. The predicted molar refractivity (Wildman–Crippen MR) is 89.3 cm³/mol. The SMILES string of the molecule is Cc1cc(N2C(N)=NC(N)=NC23CCCCC3)c([N+](=O)[O-])cc1F. The van der Waals surface area contributed by atoms with Crippen LogP contribution in [-0.2, 0) is 0 Å². The summed E-state index contributed by atoms with van der Waals surface area (Å²) in [6, 6.07) is 2.33. The molecule has 3 rings (SSSR count). The van der Waals surface area contributed by atoms with E-state index in [1.807, 2.05) is 0 Å². The van der Waals surface area contributed by atoms with Crippen LogP contribution in [-0.4, -0.2) is 22.5 Å². The van der Waals surface area contributed by atoms with Crippen molar-refractivity contribution >= 4 is 23.3 Å². The molecule has 128 valence electrons. The average molecular weight is 334 g/mol. The van der Waals surface area contributed by atoms with E-state index in [1.54, 1.807) is 11.8 Å². The first kappa shape index (κ1) is 16.2. The number of halogens is 1. The number of benzene rings is 1. The highest BCUT2D eigenvalue weighted by Crippen LogP contribution is 2.43. The second-order valence-electron chi connectivity index (χ2n) is 6.17. The van der Waals surface area contributed by atoms with Crippen LogP contribution in [0, 0.1) is 22.9 Å². The lowest BCUT2D eigenvalue weighted by Crippen LogP contribution is -2.58. The van der Waals surface area contributed by atoms with Crippen LogP contribution in [0.4, 0.5) is 15.8 Å². The van der Waals surface area contributed by atoms with E-state index < -0.39 is 16.4 Å². The standard InChI is InChI=1S/C15H19FN6O2/c1-9-7-11(12(22(23)24)8-10(9)16)21-14(18)19-13(17)20-15(21)5-3-2-4-6-15/h7-8H,2-6H2,1H3,(H4,17,18,19,20). The van der Waals surface area contributed by atoms with Crippen LogP contribution in [0.2, 0.25) is 0 Å². The summed E-state index contributed by atoms with van der Waals surface area (Å²) in [4.78, 5) is 20.8. The van der Waals surface area contributed by atoms with Gasteiger partial charge in [-0.05, 0) is 44.2 Å². The number of hydrogen-bond donors (Lipinski definition) is 2. The third-order valence-electron chi connectivity index (χ3n) is 4.54. The van der Waals surface area contributed by atoms with E-state index in [1.165, 1.54) is 6.07 Å². The first-order valence-electron chi connectivity index (χ1n) is 7.78. The van der Waals surface area contributed by atoms with E-state index in [4.69, 9.17) is 11.5 Å². The maximum atomic E-state index is 13.8. The molecule has 0 atom stereocenters. The van der Waals surface area contributed by atoms with Gasteiger partial charge in [0.15, 0.2) is 0 Å². The zero-order chi connectivity index (χ0) is 17.5. The van der Waals surface area contributed by atoms with Gasteiger partial charge in [-0.1, -0.05) is 6.42 Å². The maximum Gasteiger partial charge on any atom is 0.295 e. The summed E-state index contributed by atoms with van der Waals surface area (Å²) in [6.45, 7) is 1.55. The van der Waals surface area contributed by atoms with Crippen LogP contribution in [0.3, 0.4) is 0 Å². The molecule has 1 spiro atoms. The minimum absolute atomic E-state index is 0.0403. The number of nitro groups is 1. The number of nitro benzene ring substituents is 1. The monoisotopic (exact) mass is 334 g/mol. The van der Waals surface area contributed by atoms with E-state index in [0.29, 0.717) is 12.8 Å². The fraction of sp³-hybridized carbons (Fsp3) is 0.467. The molecule has 0 bridgehead atoms. The zero-order valence-electron chi connectivity index (χ0n) is 13.3. The molecule has 0 aromatic heterocycles. The minimum atomic E-state index is -0.802. The largest absolute Gasteiger partial charge is 0.369 e. The Kier molecular flexibility index (Phi) is 3.86. The van der Waals surface area contributed by atoms with Crippen LogP contribution in [0.1, 0.15) is 37.7 Å². The summed E-state index contributed by atoms with van der Waals surface area (Å²) in [7, 11) is 0. The van der Waals surface area contributed by atoms with Gasteiger partial charge in [0.25, 0.3) is 5.69 Å². The summed E-state index contributed by atoms with van der Waals surface area (Å²) >= 11 is 0. The minimum Gasteiger partial charge on any atom is -0.369 e.